The van der Waals surface area contributed by atoms with Gasteiger partial charge in [0.2, 0.25) is 0 Å². The fourth-order valence-electron chi connectivity index (χ4n) is 1.52. The lowest BCUT2D eigenvalue weighted by Gasteiger charge is -2.26. The van der Waals surface area contributed by atoms with Crippen LogP contribution in [0.3, 0.4) is 0 Å². The molecular weight excluding hydrogens is 134 g/mol. The molecule has 0 amide bonds. The zero-order chi connectivity index (χ0) is 8.59. The molecule has 1 heteroatoms. The molecule has 0 aromatic rings. The van der Waals surface area contributed by atoms with Crippen molar-refractivity contribution in [3.8, 4) is 0 Å². The van der Waals surface area contributed by atoms with Crippen molar-refractivity contribution in [2.24, 2.45) is 16.8 Å². The summed E-state index contributed by atoms with van der Waals surface area (Å²) in [5.74, 6) is 1.30. The quantitative estimate of drug-likeness (QED) is 0.504. The Bertz CT molecular complexity index is 223. The predicted molar refractivity (Wildman–Crippen MR) is 49.8 cm³/mol. The van der Waals surface area contributed by atoms with Gasteiger partial charge in [0, 0.05) is 17.3 Å². The Morgan fingerprint density at radius 1 is 1.00 bits per heavy atom. The third-order valence-electron chi connectivity index (χ3n) is 3.01. The molecule has 0 fully saturated rings. The first-order valence-electron chi connectivity index (χ1n) is 4.26. The van der Waals surface area contributed by atoms with E-state index in [9.17, 15) is 0 Å². The van der Waals surface area contributed by atoms with E-state index in [-0.39, 0.29) is 0 Å². The van der Waals surface area contributed by atoms with Crippen LogP contribution in [0.1, 0.15) is 34.6 Å². The van der Waals surface area contributed by atoms with E-state index in [1.54, 1.807) is 0 Å². The summed E-state index contributed by atoms with van der Waals surface area (Å²) in [6.45, 7) is 10.9. The molecule has 0 aromatic carbocycles. The van der Waals surface area contributed by atoms with Gasteiger partial charge < -0.3 is 0 Å². The summed E-state index contributed by atoms with van der Waals surface area (Å²) in [6.07, 6.45) is 0. The molecule has 1 heterocycles. The topological polar surface area (TPSA) is 12.4 Å². The largest absolute Gasteiger partial charge is 0.263 e. The molecule has 1 rings (SSSR count). The van der Waals surface area contributed by atoms with E-state index in [1.165, 1.54) is 17.0 Å². The van der Waals surface area contributed by atoms with Crippen molar-refractivity contribution in [1.82, 2.24) is 0 Å². The summed E-state index contributed by atoms with van der Waals surface area (Å²) in [5, 5.41) is 0. The zero-order valence-corrected chi connectivity index (χ0v) is 8.10. The van der Waals surface area contributed by atoms with E-state index in [1.807, 2.05) is 0 Å². The van der Waals surface area contributed by atoms with Crippen molar-refractivity contribution in [1.29, 1.82) is 0 Å². The highest BCUT2D eigenvalue weighted by Gasteiger charge is 2.21. The smallest absolute Gasteiger partial charge is 0.0364 e. The number of rotatable bonds is 0. The first-order valence-corrected chi connectivity index (χ1v) is 4.26. The van der Waals surface area contributed by atoms with Crippen molar-refractivity contribution in [3.63, 3.8) is 0 Å². The van der Waals surface area contributed by atoms with Crippen LogP contribution in [0, 0.1) is 11.8 Å². The van der Waals surface area contributed by atoms with Crippen LogP contribution in [0.25, 0.3) is 0 Å². The first kappa shape index (κ1) is 8.51. The predicted octanol–water partition coefficient (Wildman–Crippen LogP) is 3.03. The van der Waals surface area contributed by atoms with Gasteiger partial charge in [-0.15, -0.1) is 0 Å². The Kier molecular flexibility index (Phi) is 2.17. The van der Waals surface area contributed by atoms with Gasteiger partial charge in [0.25, 0.3) is 0 Å². The second-order valence-corrected chi connectivity index (χ2v) is 3.60. The van der Waals surface area contributed by atoms with Crippen LogP contribution in [-0.4, -0.2) is 5.71 Å². The second kappa shape index (κ2) is 2.80. The molecule has 0 saturated carbocycles. The van der Waals surface area contributed by atoms with Crippen LogP contribution in [0.15, 0.2) is 16.3 Å². The zero-order valence-electron chi connectivity index (χ0n) is 8.10. The van der Waals surface area contributed by atoms with Gasteiger partial charge in [0.15, 0.2) is 0 Å². The molecule has 1 nitrogen and oxygen atoms in total. The molecule has 0 bridgehead atoms. The Labute approximate surface area is 69.2 Å². The van der Waals surface area contributed by atoms with Crippen LogP contribution in [-0.2, 0) is 0 Å². The number of aliphatic imine (C=N–C) groups is 1. The standard InChI is InChI=1S/C10H17N/c1-6-7(2)9(4)11-10(5)8(6)3/h6-7H,1-5H3/t6-,7+/m1/s1. The fourth-order valence-corrected chi connectivity index (χ4v) is 1.52. The number of hydrogen-bond donors (Lipinski definition) is 0. The van der Waals surface area contributed by atoms with E-state index < -0.39 is 0 Å². The molecule has 1 aliphatic heterocycles. The maximum absolute atomic E-state index is 4.49. The fraction of sp³-hybridized carbons (Fsp3) is 0.700. The molecule has 11 heavy (non-hydrogen) atoms. The first-order chi connectivity index (χ1) is 5.04. The van der Waals surface area contributed by atoms with Crippen molar-refractivity contribution in [3.05, 3.63) is 11.3 Å². The Morgan fingerprint density at radius 2 is 1.55 bits per heavy atom. The summed E-state index contributed by atoms with van der Waals surface area (Å²) in [4.78, 5) is 4.49. The minimum Gasteiger partial charge on any atom is -0.263 e. The molecule has 62 valence electrons. The number of allylic oxidation sites excluding steroid dienone is 2. The molecule has 0 aliphatic carbocycles. The molecule has 2 atom stereocenters. The molecule has 1 aliphatic rings. The number of hydrogen-bond acceptors (Lipinski definition) is 1. The van der Waals surface area contributed by atoms with Crippen LogP contribution in [0.2, 0.25) is 0 Å². The summed E-state index contributed by atoms with van der Waals surface area (Å²) in [5.41, 5.74) is 3.94. The van der Waals surface area contributed by atoms with Crippen molar-refractivity contribution < 1.29 is 0 Å². The van der Waals surface area contributed by atoms with Crippen LogP contribution < -0.4 is 0 Å². The van der Waals surface area contributed by atoms with Crippen LogP contribution in [0.4, 0.5) is 0 Å². The van der Waals surface area contributed by atoms with Crippen molar-refractivity contribution in [2.75, 3.05) is 0 Å². The van der Waals surface area contributed by atoms with Crippen LogP contribution in [0.5, 0.6) is 0 Å². The van der Waals surface area contributed by atoms with E-state index >= 15 is 0 Å². The van der Waals surface area contributed by atoms with Gasteiger partial charge in [-0.05, 0) is 32.3 Å². The van der Waals surface area contributed by atoms with E-state index in [0.717, 1.165) is 0 Å². The lowest BCUT2D eigenvalue weighted by Crippen LogP contribution is -2.21. The summed E-state index contributed by atoms with van der Waals surface area (Å²) in [7, 11) is 0. The van der Waals surface area contributed by atoms with E-state index in [2.05, 4.69) is 39.6 Å². The highest BCUT2D eigenvalue weighted by atomic mass is 14.8. The molecule has 0 unspecified atom stereocenters. The van der Waals surface area contributed by atoms with Gasteiger partial charge in [0.05, 0.1) is 0 Å². The van der Waals surface area contributed by atoms with E-state index in [4.69, 9.17) is 0 Å². The highest BCUT2D eigenvalue weighted by Crippen LogP contribution is 2.28. The third-order valence-corrected chi connectivity index (χ3v) is 3.01. The van der Waals surface area contributed by atoms with Crippen LogP contribution >= 0.6 is 0 Å². The van der Waals surface area contributed by atoms with E-state index in [0.29, 0.717) is 11.8 Å². The number of nitrogens with zero attached hydrogens (tertiary/aromatic N) is 1. The Morgan fingerprint density at radius 3 is 2.09 bits per heavy atom. The van der Waals surface area contributed by atoms with Gasteiger partial charge >= 0.3 is 0 Å². The van der Waals surface area contributed by atoms with Gasteiger partial charge in [-0.3, -0.25) is 4.99 Å². The van der Waals surface area contributed by atoms with Gasteiger partial charge in [-0.1, -0.05) is 13.8 Å². The summed E-state index contributed by atoms with van der Waals surface area (Å²) >= 11 is 0. The lowest BCUT2D eigenvalue weighted by atomic mass is 9.83. The monoisotopic (exact) mass is 151 g/mol. The molecular formula is C10H17N. The molecule has 0 saturated heterocycles. The summed E-state index contributed by atoms with van der Waals surface area (Å²) in [6, 6.07) is 0. The molecule has 0 spiro atoms. The molecule has 0 aromatic heterocycles. The Hall–Kier alpha value is -0.590. The molecule has 0 N–H and O–H groups in total. The lowest BCUT2D eigenvalue weighted by molar-refractivity contribution is 0.539. The van der Waals surface area contributed by atoms with Crippen molar-refractivity contribution in [2.45, 2.75) is 34.6 Å². The SMILES string of the molecule is CC1=NC(C)=C(C)[C@H](C)[C@@H]1C. The molecule has 0 radical (unpaired) electrons. The average molecular weight is 151 g/mol. The maximum Gasteiger partial charge on any atom is 0.0364 e. The van der Waals surface area contributed by atoms with Gasteiger partial charge in [-0.25, -0.2) is 0 Å². The average Bonchev–Trinajstić information content (AvgIpc) is 1.97. The minimum atomic E-state index is 0.624. The summed E-state index contributed by atoms with van der Waals surface area (Å²) < 4.78 is 0. The normalized spacial score (nSPS) is 32.3. The van der Waals surface area contributed by atoms with Gasteiger partial charge in [-0.2, -0.15) is 0 Å². The van der Waals surface area contributed by atoms with Gasteiger partial charge in [0.1, 0.15) is 0 Å². The van der Waals surface area contributed by atoms with Crippen molar-refractivity contribution >= 4 is 5.71 Å². The highest BCUT2D eigenvalue weighted by molar-refractivity contribution is 5.86. The second-order valence-electron chi connectivity index (χ2n) is 3.60. The minimum absolute atomic E-state index is 0.624. The maximum atomic E-state index is 4.49. The third kappa shape index (κ3) is 1.37. The Balaban J connectivity index is 3.01.